The van der Waals surface area contributed by atoms with Gasteiger partial charge < -0.3 is 10.6 Å². The first-order valence-corrected chi connectivity index (χ1v) is 7.78. The number of aryl methyl sites for hydroxylation is 2. The molecule has 3 rings (SSSR count). The monoisotopic (exact) mass is 317 g/mol. The highest BCUT2D eigenvalue weighted by Gasteiger charge is 2.06. The molecule has 0 spiro atoms. The van der Waals surface area contributed by atoms with E-state index in [1.807, 2.05) is 68.4 Å². The Kier molecular flexibility index (Phi) is 4.57. The molecule has 24 heavy (non-hydrogen) atoms. The molecule has 4 heteroatoms. The Morgan fingerprint density at radius 2 is 1.67 bits per heavy atom. The molecule has 2 aromatic carbocycles. The van der Waals surface area contributed by atoms with Crippen molar-refractivity contribution in [3.05, 3.63) is 83.6 Å². The smallest absolute Gasteiger partial charge is 0.255 e. The van der Waals surface area contributed by atoms with Gasteiger partial charge in [-0.3, -0.25) is 4.79 Å². The molecule has 3 aromatic rings. The van der Waals surface area contributed by atoms with Crippen LogP contribution in [0.1, 0.15) is 21.5 Å². The lowest BCUT2D eigenvalue weighted by Gasteiger charge is -2.08. The van der Waals surface area contributed by atoms with Crippen LogP contribution in [0.3, 0.4) is 0 Å². The van der Waals surface area contributed by atoms with E-state index in [4.69, 9.17) is 0 Å². The van der Waals surface area contributed by atoms with Crippen LogP contribution in [0, 0.1) is 13.8 Å². The second kappa shape index (κ2) is 6.96. The molecule has 1 aromatic heterocycles. The zero-order chi connectivity index (χ0) is 16.9. The summed E-state index contributed by atoms with van der Waals surface area (Å²) in [4.78, 5) is 16.5. The van der Waals surface area contributed by atoms with Crippen LogP contribution >= 0.6 is 0 Å². The van der Waals surface area contributed by atoms with Crippen LogP contribution in [-0.2, 0) is 0 Å². The molecule has 0 saturated carbocycles. The molecule has 0 atom stereocenters. The van der Waals surface area contributed by atoms with Crippen LogP contribution in [0.4, 0.5) is 17.2 Å². The highest BCUT2D eigenvalue weighted by molar-refractivity contribution is 6.04. The summed E-state index contributed by atoms with van der Waals surface area (Å²) in [6.07, 6.45) is 1.64. The van der Waals surface area contributed by atoms with Gasteiger partial charge in [-0.15, -0.1) is 0 Å². The fourth-order valence-corrected chi connectivity index (χ4v) is 2.32. The van der Waals surface area contributed by atoms with E-state index in [0.29, 0.717) is 11.3 Å². The van der Waals surface area contributed by atoms with Crippen LogP contribution in [0.2, 0.25) is 0 Å². The number of pyridine rings is 1. The maximum atomic E-state index is 12.2. The van der Waals surface area contributed by atoms with E-state index >= 15 is 0 Å². The van der Waals surface area contributed by atoms with E-state index in [9.17, 15) is 4.79 Å². The van der Waals surface area contributed by atoms with E-state index in [0.717, 1.165) is 17.1 Å². The van der Waals surface area contributed by atoms with Crippen molar-refractivity contribution in [3.8, 4) is 0 Å². The van der Waals surface area contributed by atoms with Gasteiger partial charge >= 0.3 is 0 Å². The molecular weight excluding hydrogens is 298 g/mol. The van der Waals surface area contributed by atoms with E-state index in [1.165, 1.54) is 5.56 Å². The Morgan fingerprint density at radius 1 is 0.875 bits per heavy atom. The largest absolute Gasteiger partial charge is 0.340 e. The van der Waals surface area contributed by atoms with Crippen molar-refractivity contribution in [1.29, 1.82) is 0 Å². The normalized spacial score (nSPS) is 10.2. The summed E-state index contributed by atoms with van der Waals surface area (Å²) in [6, 6.07) is 19.2. The van der Waals surface area contributed by atoms with E-state index in [2.05, 4.69) is 21.7 Å². The van der Waals surface area contributed by atoms with Gasteiger partial charge in [-0.25, -0.2) is 4.98 Å². The lowest BCUT2D eigenvalue weighted by molar-refractivity contribution is 0.102. The van der Waals surface area contributed by atoms with Gasteiger partial charge in [0.15, 0.2) is 0 Å². The number of hydrogen-bond acceptors (Lipinski definition) is 3. The fourth-order valence-electron chi connectivity index (χ4n) is 2.32. The molecule has 0 aliphatic rings. The number of hydrogen-bond donors (Lipinski definition) is 2. The van der Waals surface area contributed by atoms with Gasteiger partial charge in [0, 0.05) is 11.3 Å². The summed E-state index contributed by atoms with van der Waals surface area (Å²) in [5, 5.41) is 6.09. The molecule has 0 fully saturated rings. The molecule has 0 unspecified atom stereocenters. The summed E-state index contributed by atoms with van der Waals surface area (Å²) in [7, 11) is 0. The number of nitrogens with zero attached hydrogens (tertiary/aromatic N) is 1. The van der Waals surface area contributed by atoms with Gasteiger partial charge in [-0.05, 0) is 55.8 Å². The zero-order valence-corrected chi connectivity index (χ0v) is 13.7. The van der Waals surface area contributed by atoms with E-state index in [1.54, 1.807) is 6.20 Å². The fraction of sp³-hybridized carbons (Fsp3) is 0.100. The Bertz CT molecular complexity index is 840. The van der Waals surface area contributed by atoms with Crippen molar-refractivity contribution in [3.63, 3.8) is 0 Å². The van der Waals surface area contributed by atoms with Gasteiger partial charge in [0.1, 0.15) is 5.82 Å². The molecule has 0 saturated heterocycles. The van der Waals surface area contributed by atoms with E-state index < -0.39 is 0 Å². The molecule has 1 amide bonds. The van der Waals surface area contributed by atoms with Gasteiger partial charge in [-0.2, -0.15) is 0 Å². The maximum absolute atomic E-state index is 12.2. The van der Waals surface area contributed by atoms with Crippen molar-refractivity contribution < 1.29 is 4.79 Å². The highest BCUT2D eigenvalue weighted by Crippen LogP contribution is 2.17. The molecule has 0 radical (unpaired) electrons. The molecule has 2 N–H and O–H groups in total. The summed E-state index contributed by atoms with van der Waals surface area (Å²) >= 11 is 0. The van der Waals surface area contributed by atoms with Crippen LogP contribution in [-0.4, -0.2) is 10.9 Å². The number of anilines is 3. The van der Waals surface area contributed by atoms with Gasteiger partial charge in [0.2, 0.25) is 0 Å². The van der Waals surface area contributed by atoms with Crippen molar-refractivity contribution in [2.24, 2.45) is 0 Å². The summed E-state index contributed by atoms with van der Waals surface area (Å²) < 4.78 is 0. The molecule has 0 aliphatic carbocycles. The van der Waals surface area contributed by atoms with Gasteiger partial charge in [-0.1, -0.05) is 29.8 Å². The van der Waals surface area contributed by atoms with Crippen molar-refractivity contribution in [2.75, 3.05) is 10.6 Å². The second-order valence-electron chi connectivity index (χ2n) is 5.75. The number of benzene rings is 2. The lowest BCUT2D eigenvalue weighted by atomic mass is 10.1. The topological polar surface area (TPSA) is 54.0 Å². The first kappa shape index (κ1) is 15.7. The quantitative estimate of drug-likeness (QED) is 0.733. The van der Waals surface area contributed by atoms with Crippen molar-refractivity contribution in [1.82, 2.24) is 4.98 Å². The van der Waals surface area contributed by atoms with Crippen molar-refractivity contribution in [2.45, 2.75) is 13.8 Å². The second-order valence-corrected chi connectivity index (χ2v) is 5.75. The highest BCUT2D eigenvalue weighted by atomic mass is 16.1. The van der Waals surface area contributed by atoms with Crippen molar-refractivity contribution >= 4 is 23.1 Å². The van der Waals surface area contributed by atoms with Crippen LogP contribution in [0.25, 0.3) is 0 Å². The minimum absolute atomic E-state index is 0.142. The minimum Gasteiger partial charge on any atom is -0.340 e. The number of carbonyl (C=O) groups excluding carboxylic acids is 1. The minimum atomic E-state index is -0.142. The first-order chi connectivity index (χ1) is 11.6. The summed E-state index contributed by atoms with van der Waals surface area (Å²) in [6.45, 7) is 4.04. The predicted octanol–water partition coefficient (Wildman–Crippen LogP) is 4.69. The molecule has 0 bridgehead atoms. The SMILES string of the molecule is Cc1ccc(C(=O)Nc2ccc(Nc3cccc(C)c3)nc2)cc1. The average molecular weight is 317 g/mol. The Balaban J connectivity index is 1.66. The Hall–Kier alpha value is -3.14. The Labute approximate surface area is 141 Å². The van der Waals surface area contributed by atoms with Gasteiger partial charge in [0.25, 0.3) is 5.91 Å². The van der Waals surface area contributed by atoms with Crippen LogP contribution < -0.4 is 10.6 Å². The first-order valence-electron chi connectivity index (χ1n) is 7.78. The molecule has 4 nitrogen and oxygen atoms in total. The zero-order valence-electron chi connectivity index (χ0n) is 13.7. The molecule has 120 valence electrons. The number of nitrogens with one attached hydrogen (secondary N) is 2. The molecule has 1 heterocycles. The maximum Gasteiger partial charge on any atom is 0.255 e. The third kappa shape index (κ3) is 3.98. The van der Waals surface area contributed by atoms with Crippen LogP contribution in [0.5, 0.6) is 0 Å². The standard InChI is InChI=1S/C20H19N3O/c1-14-6-8-16(9-7-14)20(24)23-18-10-11-19(21-13-18)22-17-5-3-4-15(2)12-17/h3-13H,1-2H3,(H,21,22)(H,23,24). The van der Waals surface area contributed by atoms with Crippen LogP contribution in [0.15, 0.2) is 66.9 Å². The summed E-state index contributed by atoms with van der Waals surface area (Å²) in [5.41, 5.74) is 4.58. The van der Waals surface area contributed by atoms with Gasteiger partial charge in [0.05, 0.1) is 11.9 Å². The summed E-state index contributed by atoms with van der Waals surface area (Å²) in [5.74, 6) is 0.588. The number of amides is 1. The third-order valence-corrected chi connectivity index (χ3v) is 3.63. The molecule has 0 aliphatic heterocycles. The lowest BCUT2D eigenvalue weighted by Crippen LogP contribution is -2.12. The average Bonchev–Trinajstić information content (AvgIpc) is 2.57. The predicted molar refractivity (Wildman–Crippen MR) is 97.8 cm³/mol. The number of carbonyl (C=O) groups is 1. The Morgan fingerprint density at radius 3 is 2.33 bits per heavy atom. The third-order valence-electron chi connectivity index (χ3n) is 3.63. The van der Waals surface area contributed by atoms with E-state index in [-0.39, 0.29) is 5.91 Å². The molecular formula is C20H19N3O. The number of aromatic nitrogens is 1. The number of rotatable bonds is 4.